The van der Waals surface area contributed by atoms with Crippen molar-refractivity contribution in [2.45, 2.75) is 25.4 Å². The molecule has 0 aliphatic carbocycles. The van der Waals surface area contributed by atoms with E-state index in [2.05, 4.69) is 27.7 Å². The Hall–Kier alpha value is -3.26. The molecule has 2 aromatic carbocycles. The normalized spacial score (nSPS) is 19.5. The van der Waals surface area contributed by atoms with Gasteiger partial charge in [0.15, 0.2) is 0 Å². The van der Waals surface area contributed by atoms with Crippen LogP contribution in [0.2, 0.25) is 0 Å². The Morgan fingerprint density at radius 2 is 1.94 bits per heavy atom. The van der Waals surface area contributed by atoms with Crippen LogP contribution in [0.4, 0.5) is 5.69 Å². The second kappa shape index (κ2) is 9.31. The van der Waals surface area contributed by atoms with E-state index in [0.717, 1.165) is 42.1 Å². The fourth-order valence-corrected chi connectivity index (χ4v) is 5.19. The molecule has 3 heterocycles. The molecule has 0 spiro atoms. The first-order chi connectivity index (χ1) is 16.1. The first-order valence-corrected chi connectivity index (χ1v) is 11.9. The van der Waals surface area contributed by atoms with Gasteiger partial charge in [0.1, 0.15) is 0 Å². The fourth-order valence-electron chi connectivity index (χ4n) is 4.47. The third-order valence-electron chi connectivity index (χ3n) is 6.26. The zero-order valence-corrected chi connectivity index (χ0v) is 18.9. The van der Waals surface area contributed by atoms with Crippen molar-refractivity contribution in [2.24, 2.45) is 0 Å². The van der Waals surface area contributed by atoms with E-state index < -0.39 is 5.91 Å². The zero-order chi connectivity index (χ0) is 22.8. The molecule has 1 atom stereocenters. The summed E-state index contributed by atoms with van der Waals surface area (Å²) in [6.07, 6.45) is 3.83. The maximum Gasteiger partial charge on any atom is 0.260 e. The monoisotopic (exact) mass is 459 g/mol. The van der Waals surface area contributed by atoms with Crippen LogP contribution in [0.3, 0.4) is 0 Å². The summed E-state index contributed by atoms with van der Waals surface area (Å²) >= 11 is 1.62. The Bertz CT molecular complexity index is 1200. The number of thiophene rings is 1. The summed E-state index contributed by atoms with van der Waals surface area (Å²) < 4.78 is 0. The molecule has 1 saturated heterocycles. The Labute approximate surface area is 196 Å². The lowest BCUT2D eigenvalue weighted by Gasteiger charge is -2.22. The number of benzene rings is 2. The summed E-state index contributed by atoms with van der Waals surface area (Å²) in [5.41, 5.74) is 4.55. The third-order valence-corrected chi connectivity index (χ3v) is 7.18. The molecule has 1 aromatic heterocycles. The van der Waals surface area contributed by atoms with Crippen LogP contribution in [0.1, 0.15) is 34.3 Å². The van der Waals surface area contributed by atoms with Crippen LogP contribution in [0, 0.1) is 0 Å². The minimum Gasteiger partial charge on any atom is -0.395 e. The van der Waals surface area contributed by atoms with Crippen LogP contribution in [-0.4, -0.2) is 41.0 Å². The van der Waals surface area contributed by atoms with E-state index in [1.807, 2.05) is 41.8 Å². The predicted molar refractivity (Wildman–Crippen MR) is 131 cm³/mol. The highest BCUT2D eigenvalue weighted by atomic mass is 32.1. The molecule has 0 bridgehead atoms. The molecule has 2 amide bonds. The van der Waals surface area contributed by atoms with E-state index >= 15 is 0 Å². The zero-order valence-electron chi connectivity index (χ0n) is 18.1. The predicted octanol–water partition coefficient (Wildman–Crippen LogP) is 4.09. The maximum absolute atomic E-state index is 12.6. The Morgan fingerprint density at radius 1 is 1.09 bits per heavy atom. The number of amides is 2. The molecule has 2 aliphatic rings. The van der Waals surface area contributed by atoms with Crippen molar-refractivity contribution in [3.63, 3.8) is 0 Å². The van der Waals surface area contributed by atoms with Crippen LogP contribution in [-0.2, 0) is 11.3 Å². The number of hydrogen-bond donors (Lipinski definition) is 3. The number of fused-ring (bicyclic) bond motifs is 1. The van der Waals surface area contributed by atoms with Crippen molar-refractivity contribution in [1.82, 2.24) is 10.2 Å². The molecule has 7 heteroatoms. The molecule has 3 N–H and O–H groups in total. The Kier molecular flexibility index (Phi) is 6.09. The van der Waals surface area contributed by atoms with Crippen molar-refractivity contribution in [2.75, 3.05) is 18.5 Å². The van der Waals surface area contributed by atoms with Gasteiger partial charge < -0.3 is 10.4 Å². The van der Waals surface area contributed by atoms with E-state index in [1.54, 1.807) is 23.6 Å². The van der Waals surface area contributed by atoms with E-state index in [9.17, 15) is 14.7 Å². The summed E-state index contributed by atoms with van der Waals surface area (Å²) in [6, 6.07) is 17.9. The van der Waals surface area contributed by atoms with Crippen LogP contribution >= 0.6 is 11.3 Å². The molecule has 1 fully saturated rings. The van der Waals surface area contributed by atoms with Crippen molar-refractivity contribution >= 4 is 34.4 Å². The Morgan fingerprint density at radius 3 is 2.70 bits per heavy atom. The standard InChI is InChI=1S/C26H25N3O3S/c30-16-20-3-1-11-29(20)15-17-5-8-19(9-6-17)27-14-23-22-13-18(24-4-2-12-33-24)7-10-21(22)25(31)28-26(23)32/h2,4-10,12-14,20,27,30H,1,3,11,15-16H2,(H,28,31,32). The van der Waals surface area contributed by atoms with E-state index in [1.165, 1.54) is 5.56 Å². The molecule has 0 radical (unpaired) electrons. The highest BCUT2D eigenvalue weighted by Crippen LogP contribution is 2.32. The number of hydrogen-bond acceptors (Lipinski definition) is 6. The summed E-state index contributed by atoms with van der Waals surface area (Å²) in [5.74, 6) is -0.790. The number of anilines is 1. The topological polar surface area (TPSA) is 81.7 Å². The van der Waals surface area contributed by atoms with Crippen LogP contribution < -0.4 is 10.6 Å². The minimum absolute atomic E-state index is 0.202. The number of aliphatic hydroxyl groups excluding tert-OH is 1. The van der Waals surface area contributed by atoms with Crippen molar-refractivity contribution in [1.29, 1.82) is 0 Å². The number of imide groups is 1. The van der Waals surface area contributed by atoms with Crippen molar-refractivity contribution < 1.29 is 14.7 Å². The summed E-state index contributed by atoms with van der Waals surface area (Å²) in [5, 5.41) is 17.2. The average molecular weight is 460 g/mol. The number of likely N-dealkylation sites (tertiary alicyclic amines) is 1. The highest BCUT2D eigenvalue weighted by Gasteiger charge is 2.28. The number of nitrogens with one attached hydrogen (secondary N) is 2. The van der Waals surface area contributed by atoms with E-state index in [4.69, 9.17) is 0 Å². The third kappa shape index (κ3) is 4.48. The molecule has 2 aliphatic heterocycles. The molecule has 1 unspecified atom stereocenters. The lowest BCUT2D eigenvalue weighted by molar-refractivity contribution is -0.114. The summed E-state index contributed by atoms with van der Waals surface area (Å²) in [4.78, 5) is 28.4. The van der Waals surface area contributed by atoms with Gasteiger partial charge in [0, 0.05) is 40.5 Å². The number of carbonyl (C=O) groups excluding carboxylic acids is 2. The van der Waals surface area contributed by atoms with Crippen molar-refractivity contribution in [3.8, 4) is 10.4 Å². The van der Waals surface area contributed by atoms with Gasteiger partial charge in [0.05, 0.1) is 12.2 Å². The van der Waals surface area contributed by atoms with Gasteiger partial charge in [-0.05, 0) is 66.2 Å². The molecule has 6 nitrogen and oxygen atoms in total. The number of aliphatic hydroxyl groups is 1. The molecule has 0 saturated carbocycles. The van der Waals surface area contributed by atoms with Gasteiger partial charge in [-0.1, -0.05) is 24.3 Å². The maximum atomic E-state index is 12.6. The van der Waals surface area contributed by atoms with Gasteiger partial charge in [-0.2, -0.15) is 0 Å². The lowest BCUT2D eigenvalue weighted by atomic mass is 9.93. The van der Waals surface area contributed by atoms with Gasteiger partial charge in [-0.25, -0.2) is 0 Å². The lowest BCUT2D eigenvalue weighted by Crippen LogP contribution is -2.36. The van der Waals surface area contributed by atoms with Gasteiger partial charge in [0.2, 0.25) is 0 Å². The van der Waals surface area contributed by atoms with Gasteiger partial charge in [-0.15, -0.1) is 11.3 Å². The number of nitrogens with zero attached hydrogens (tertiary/aromatic N) is 1. The molecule has 5 rings (SSSR count). The van der Waals surface area contributed by atoms with Gasteiger partial charge >= 0.3 is 0 Å². The summed E-state index contributed by atoms with van der Waals surface area (Å²) in [6.45, 7) is 2.03. The van der Waals surface area contributed by atoms with E-state index in [0.29, 0.717) is 16.7 Å². The first kappa shape index (κ1) is 21.6. The molecule has 168 valence electrons. The number of carbonyl (C=O) groups is 2. The van der Waals surface area contributed by atoms with Gasteiger partial charge in [-0.3, -0.25) is 19.8 Å². The first-order valence-electron chi connectivity index (χ1n) is 11.1. The molecule has 33 heavy (non-hydrogen) atoms. The smallest absolute Gasteiger partial charge is 0.260 e. The average Bonchev–Trinajstić information content (AvgIpc) is 3.52. The number of rotatable bonds is 6. The van der Waals surface area contributed by atoms with Crippen LogP contribution in [0.5, 0.6) is 0 Å². The minimum atomic E-state index is -0.413. The fraction of sp³-hybridized carbons (Fsp3) is 0.231. The quantitative estimate of drug-likeness (QED) is 0.382. The molecular formula is C26H25N3O3S. The van der Waals surface area contributed by atoms with Gasteiger partial charge in [0.25, 0.3) is 11.8 Å². The van der Waals surface area contributed by atoms with Crippen LogP contribution in [0.15, 0.2) is 66.2 Å². The second-order valence-corrected chi connectivity index (χ2v) is 9.32. The highest BCUT2D eigenvalue weighted by molar-refractivity contribution is 7.13. The van der Waals surface area contributed by atoms with Crippen molar-refractivity contribution in [3.05, 3.63) is 82.9 Å². The largest absolute Gasteiger partial charge is 0.395 e. The second-order valence-electron chi connectivity index (χ2n) is 8.37. The Balaban J connectivity index is 1.36. The van der Waals surface area contributed by atoms with E-state index in [-0.39, 0.29) is 18.6 Å². The molecule has 3 aromatic rings. The van der Waals surface area contributed by atoms with Crippen LogP contribution in [0.25, 0.3) is 16.0 Å². The molecular weight excluding hydrogens is 434 g/mol. The SMILES string of the molecule is O=C1NC(=O)c2ccc(-c3cccs3)cc2C1=CNc1ccc(CN2CCCC2CO)cc1. The summed E-state index contributed by atoms with van der Waals surface area (Å²) in [7, 11) is 0.